The molecule has 0 aliphatic carbocycles. The lowest BCUT2D eigenvalue weighted by molar-refractivity contribution is -0.115. The Balaban J connectivity index is 2.30. The standard InChI is InChI=1S/C16H14N2O2S/c17-9-12-5-7-13(8-6-12)15-4-2-1-3-14(15)10-21(20)11-16(18)19/h1-8H,10-11H2,(H2,18,19)/t21-/m1/s1. The van der Waals surface area contributed by atoms with E-state index in [1.165, 1.54) is 0 Å². The first kappa shape index (κ1) is 14.9. The molecule has 0 aliphatic heterocycles. The van der Waals surface area contributed by atoms with E-state index in [1.807, 2.05) is 36.4 Å². The second-order valence-corrected chi connectivity index (χ2v) is 6.00. The summed E-state index contributed by atoms with van der Waals surface area (Å²) in [6.07, 6.45) is 0. The van der Waals surface area contributed by atoms with E-state index in [9.17, 15) is 9.00 Å². The van der Waals surface area contributed by atoms with Crippen LogP contribution in [0.5, 0.6) is 0 Å². The predicted octanol–water partition coefficient (Wildman–Crippen LogP) is 1.96. The van der Waals surface area contributed by atoms with Crippen molar-refractivity contribution in [3.63, 3.8) is 0 Å². The highest BCUT2D eigenvalue weighted by Crippen LogP contribution is 2.25. The largest absolute Gasteiger partial charge is 0.369 e. The quantitative estimate of drug-likeness (QED) is 0.915. The van der Waals surface area contributed by atoms with Crippen LogP contribution in [-0.4, -0.2) is 15.9 Å². The molecule has 1 amide bonds. The van der Waals surface area contributed by atoms with Gasteiger partial charge < -0.3 is 5.73 Å². The minimum atomic E-state index is -1.32. The third-order valence-electron chi connectivity index (χ3n) is 2.96. The summed E-state index contributed by atoms with van der Waals surface area (Å²) in [6.45, 7) is 0. The van der Waals surface area contributed by atoms with Gasteiger partial charge in [0.1, 0.15) is 5.75 Å². The van der Waals surface area contributed by atoms with Gasteiger partial charge in [0.2, 0.25) is 5.91 Å². The first-order valence-electron chi connectivity index (χ1n) is 6.32. The van der Waals surface area contributed by atoms with Gasteiger partial charge in [0.15, 0.2) is 0 Å². The number of hydrogen-bond acceptors (Lipinski definition) is 3. The van der Waals surface area contributed by atoms with E-state index in [2.05, 4.69) is 6.07 Å². The van der Waals surface area contributed by atoms with Crippen molar-refractivity contribution in [1.82, 2.24) is 0 Å². The Morgan fingerprint density at radius 1 is 1.14 bits per heavy atom. The van der Waals surface area contributed by atoms with E-state index in [4.69, 9.17) is 11.0 Å². The summed E-state index contributed by atoms with van der Waals surface area (Å²) >= 11 is 0. The van der Waals surface area contributed by atoms with Crippen molar-refractivity contribution in [2.24, 2.45) is 5.73 Å². The van der Waals surface area contributed by atoms with Crippen LogP contribution in [0, 0.1) is 11.3 Å². The van der Waals surface area contributed by atoms with Gasteiger partial charge in [0.05, 0.1) is 11.6 Å². The Hall–Kier alpha value is -2.45. The van der Waals surface area contributed by atoms with Crippen LogP contribution in [0.3, 0.4) is 0 Å². The number of nitrogens with zero attached hydrogens (tertiary/aromatic N) is 1. The number of amides is 1. The molecule has 1 atom stereocenters. The number of carbonyl (C=O) groups is 1. The van der Waals surface area contributed by atoms with Crippen molar-refractivity contribution in [3.05, 3.63) is 59.7 Å². The van der Waals surface area contributed by atoms with Crippen LogP contribution in [-0.2, 0) is 21.3 Å². The molecule has 0 aliphatic rings. The van der Waals surface area contributed by atoms with Crippen molar-refractivity contribution in [2.75, 3.05) is 5.75 Å². The fourth-order valence-corrected chi connectivity index (χ4v) is 3.05. The molecule has 0 saturated heterocycles. The fraction of sp³-hybridized carbons (Fsp3) is 0.125. The zero-order chi connectivity index (χ0) is 15.2. The van der Waals surface area contributed by atoms with Gasteiger partial charge in [-0.3, -0.25) is 9.00 Å². The monoisotopic (exact) mass is 298 g/mol. The first-order chi connectivity index (χ1) is 10.1. The zero-order valence-corrected chi connectivity index (χ0v) is 12.1. The van der Waals surface area contributed by atoms with E-state index in [0.29, 0.717) is 5.56 Å². The maximum atomic E-state index is 11.9. The summed E-state index contributed by atoms with van der Waals surface area (Å²) in [5.74, 6) is -0.426. The molecule has 5 heteroatoms. The number of rotatable bonds is 5. The van der Waals surface area contributed by atoms with Crippen LogP contribution in [0.2, 0.25) is 0 Å². The number of hydrogen-bond donors (Lipinski definition) is 1. The molecule has 4 nitrogen and oxygen atoms in total. The average Bonchev–Trinajstić information content (AvgIpc) is 2.47. The van der Waals surface area contributed by atoms with Crippen molar-refractivity contribution in [2.45, 2.75) is 5.75 Å². The van der Waals surface area contributed by atoms with Gasteiger partial charge in [-0.1, -0.05) is 36.4 Å². The lowest BCUT2D eigenvalue weighted by Crippen LogP contribution is -2.20. The average molecular weight is 298 g/mol. The van der Waals surface area contributed by atoms with Crippen LogP contribution < -0.4 is 5.73 Å². The van der Waals surface area contributed by atoms with Crippen molar-refractivity contribution in [3.8, 4) is 17.2 Å². The fourth-order valence-electron chi connectivity index (χ4n) is 2.04. The topological polar surface area (TPSA) is 83.9 Å². The molecule has 2 N–H and O–H groups in total. The lowest BCUT2D eigenvalue weighted by atomic mass is 10.00. The molecule has 0 radical (unpaired) electrons. The molecule has 106 valence electrons. The van der Waals surface area contributed by atoms with Gasteiger partial charge in [-0.05, 0) is 28.8 Å². The van der Waals surface area contributed by atoms with Crippen LogP contribution in [0.4, 0.5) is 0 Å². The first-order valence-corrected chi connectivity index (χ1v) is 7.80. The summed E-state index contributed by atoms with van der Waals surface area (Å²) in [4.78, 5) is 10.8. The normalized spacial score (nSPS) is 11.6. The second-order valence-electron chi connectivity index (χ2n) is 4.54. The number of benzene rings is 2. The van der Waals surface area contributed by atoms with Crippen LogP contribution in [0.25, 0.3) is 11.1 Å². The Kier molecular flexibility index (Phi) is 4.85. The van der Waals surface area contributed by atoms with Crippen LogP contribution in [0.15, 0.2) is 48.5 Å². The number of primary amides is 1. The number of nitrogens with two attached hydrogens (primary N) is 1. The van der Waals surface area contributed by atoms with Crippen molar-refractivity contribution >= 4 is 16.7 Å². The highest BCUT2D eigenvalue weighted by atomic mass is 32.2. The zero-order valence-electron chi connectivity index (χ0n) is 11.3. The molecule has 2 rings (SSSR count). The number of nitriles is 1. The molecule has 0 spiro atoms. The van der Waals surface area contributed by atoms with Gasteiger partial charge in [-0.15, -0.1) is 0 Å². The van der Waals surface area contributed by atoms with E-state index >= 15 is 0 Å². The molecular weight excluding hydrogens is 284 g/mol. The Morgan fingerprint density at radius 3 is 2.43 bits per heavy atom. The minimum absolute atomic E-state index is 0.137. The maximum absolute atomic E-state index is 11.9. The minimum Gasteiger partial charge on any atom is -0.369 e. The SMILES string of the molecule is N#Cc1ccc(-c2ccccc2C[S@@](=O)CC(N)=O)cc1. The third kappa shape index (κ3) is 4.01. The van der Waals surface area contributed by atoms with E-state index < -0.39 is 16.7 Å². The van der Waals surface area contributed by atoms with Gasteiger partial charge in [0.25, 0.3) is 0 Å². The van der Waals surface area contributed by atoms with Crippen LogP contribution in [0.1, 0.15) is 11.1 Å². The van der Waals surface area contributed by atoms with E-state index in [-0.39, 0.29) is 11.5 Å². The molecule has 0 aromatic heterocycles. The molecule has 0 unspecified atom stereocenters. The molecular formula is C16H14N2O2S. The van der Waals surface area contributed by atoms with E-state index in [0.717, 1.165) is 16.7 Å². The summed E-state index contributed by atoms with van der Waals surface area (Å²) in [5.41, 5.74) is 8.44. The summed E-state index contributed by atoms with van der Waals surface area (Å²) in [7, 11) is -1.32. The summed E-state index contributed by atoms with van der Waals surface area (Å²) < 4.78 is 11.9. The molecule has 0 heterocycles. The molecule has 2 aromatic carbocycles. The van der Waals surface area contributed by atoms with Gasteiger partial charge >= 0.3 is 0 Å². The molecule has 21 heavy (non-hydrogen) atoms. The Morgan fingerprint density at radius 2 is 1.81 bits per heavy atom. The molecule has 0 bridgehead atoms. The third-order valence-corrected chi connectivity index (χ3v) is 4.20. The van der Waals surface area contributed by atoms with Crippen LogP contribution >= 0.6 is 0 Å². The number of carbonyl (C=O) groups excluding carboxylic acids is 1. The maximum Gasteiger partial charge on any atom is 0.230 e. The smallest absolute Gasteiger partial charge is 0.230 e. The second kappa shape index (κ2) is 6.82. The van der Waals surface area contributed by atoms with E-state index in [1.54, 1.807) is 12.1 Å². The highest BCUT2D eigenvalue weighted by molar-refractivity contribution is 7.84. The molecule has 2 aromatic rings. The van der Waals surface area contributed by atoms with Gasteiger partial charge in [-0.25, -0.2) is 0 Å². The summed E-state index contributed by atoms with van der Waals surface area (Å²) in [5, 5.41) is 8.82. The Labute approximate surface area is 125 Å². The van der Waals surface area contributed by atoms with Gasteiger partial charge in [-0.2, -0.15) is 5.26 Å². The summed E-state index contributed by atoms with van der Waals surface area (Å²) in [6, 6.07) is 16.8. The predicted molar refractivity (Wildman–Crippen MR) is 82.5 cm³/mol. The van der Waals surface area contributed by atoms with Gasteiger partial charge in [0, 0.05) is 16.6 Å². The van der Waals surface area contributed by atoms with Crippen molar-refractivity contribution in [1.29, 1.82) is 5.26 Å². The van der Waals surface area contributed by atoms with Crippen molar-refractivity contribution < 1.29 is 9.00 Å². The lowest BCUT2D eigenvalue weighted by Gasteiger charge is -2.09. The highest BCUT2D eigenvalue weighted by Gasteiger charge is 2.10. The molecule has 0 saturated carbocycles. The Bertz CT molecular complexity index is 718. The molecule has 0 fully saturated rings.